The average molecular weight is 407 g/mol. The van der Waals surface area contributed by atoms with Crippen LogP contribution in [0, 0.1) is 0 Å². The molecule has 1 amide bonds. The number of fused-ring (bicyclic) bond motifs is 1. The van der Waals surface area contributed by atoms with E-state index in [2.05, 4.69) is 0 Å². The normalized spacial score (nSPS) is 15.0. The topological polar surface area (TPSA) is 68.2 Å². The highest BCUT2D eigenvalue weighted by Crippen LogP contribution is 2.28. The standard InChI is InChI=1S/C24H25NO5/c26-20(16-29-21-8-2-1-3-9-21)17-30-23-15-19-7-5-4-6-18(19)14-22(23)24(27)25-10-12-28-13-11-25/h1-9,14-15,20,26H,10-13,16-17H2. The van der Waals surface area contributed by atoms with Crippen molar-refractivity contribution in [3.05, 3.63) is 72.3 Å². The van der Waals surface area contributed by atoms with Crippen LogP contribution in [0.15, 0.2) is 66.7 Å². The van der Waals surface area contributed by atoms with Crippen molar-refractivity contribution in [1.29, 1.82) is 0 Å². The van der Waals surface area contributed by atoms with Crippen LogP contribution < -0.4 is 9.47 Å². The van der Waals surface area contributed by atoms with Gasteiger partial charge in [0.05, 0.1) is 18.8 Å². The Kier molecular flexibility index (Phi) is 6.47. The predicted octanol–water partition coefficient (Wildman–Crippen LogP) is 3.13. The first-order valence-corrected chi connectivity index (χ1v) is 10.1. The largest absolute Gasteiger partial charge is 0.491 e. The van der Waals surface area contributed by atoms with Gasteiger partial charge in [-0.05, 0) is 35.0 Å². The molecule has 1 heterocycles. The smallest absolute Gasteiger partial charge is 0.257 e. The summed E-state index contributed by atoms with van der Waals surface area (Å²) in [5.74, 6) is 1.06. The number of rotatable bonds is 7. The lowest BCUT2D eigenvalue weighted by Crippen LogP contribution is -2.40. The number of para-hydroxylation sites is 1. The Bertz CT molecular complexity index is 985. The molecule has 0 radical (unpaired) electrons. The molecular formula is C24H25NO5. The van der Waals surface area contributed by atoms with Crippen LogP contribution in [0.5, 0.6) is 11.5 Å². The Morgan fingerprint density at radius 1 is 0.933 bits per heavy atom. The summed E-state index contributed by atoms with van der Waals surface area (Å²) in [4.78, 5) is 14.9. The van der Waals surface area contributed by atoms with Gasteiger partial charge >= 0.3 is 0 Å². The number of aliphatic hydroxyl groups is 1. The molecule has 0 saturated carbocycles. The van der Waals surface area contributed by atoms with E-state index in [-0.39, 0.29) is 19.1 Å². The first kappa shape index (κ1) is 20.2. The van der Waals surface area contributed by atoms with Crippen LogP contribution in [-0.4, -0.2) is 61.5 Å². The van der Waals surface area contributed by atoms with Gasteiger partial charge in [0.25, 0.3) is 5.91 Å². The minimum absolute atomic E-state index is 0.0224. The molecule has 0 aliphatic carbocycles. The van der Waals surface area contributed by atoms with Crippen LogP contribution >= 0.6 is 0 Å². The van der Waals surface area contributed by atoms with Gasteiger partial charge in [-0.2, -0.15) is 0 Å². The Hall–Kier alpha value is -3.09. The number of carbonyl (C=O) groups excluding carboxylic acids is 1. The van der Waals surface area contributed by atoms with Crippen LogP contribution in [0.25, 0.3) is 10.8 Å². The van der Waals surface area contributed by atoms with Crippen molar-refractivity contribution >= 4 is 16.7 Å². The molecule has 1 N–H and O–H groups in total. The van der Waals surface area contributed by atoms with E-state index >= 15 is 0 Å². The van der Waals surface area contributed by atoms with Crippen LogP contribution in [0.4, 0.5) is 0 Å². The number of aliphatic hydroxyl groups excluding tert-OH is 1. The number of hydrogen-bond donors (Lipinski definition) is 1. The lowest BCUT2D eigenvalue weighted by molar-refractivity contribution is 0.0296. The van der Waals surface area contributed by atoms with Crippen molar-refractivity contribution in [3.63, 3.8) is 0 Å². The molecule has 1 fully saturated rings. The van der Waals surface area contributed by atoms with E-state index in [9.17, 15) is 9.90 Å². The molecule has 1 aliphatic heterocycles. The maximum atomic E-state index is 13.1. The van der Waals surface area contributed by atoms with E-state index < -0.39 is 6.10 Å². The number of carbonyl (C=O) groups is 1. The Labute approximate surface area is 175 Å². The molecule has 1 atom stereocenters. The summed E-state index contributed by atoms with van der Waals surface area (Å²) in [7, 11) is 0. The molecule has 1 saturated heterocycles. The fraction of sp³-hybridized carbons (Fsp3) is 0.292. The molecule has 0 spiro atoms. The summed E-state index contributed by atoms with van der Waals surface area (Å²) in [6.45, 7) is 2.30. The molecule has 3 aromatic rings. The van der Waals surface area contributed by atoms with E-state index in [1.54, 1.807) is 4.90 Å². The lowest BCUT2D eigenvalue weighted by atomic mass is 10.0. The minimum atomic E-state index is -0.831. The summed E-state index contributed by atoms with van der Waals surface area (Å²) >= 11 is 0. The number of nitrogens with zero attached hydrogens (tertiary/aromatic N) is 1. The van der Waals surface area contributed by atoms with E-state index in [1.165, 1.54) is 0 Å². The molecule has 0 bridgehead atoms. The van der Waals surface area contributed by atoms with E-state index in [4.69, 9.17) is 14.2 Å². The molecule has 3 aromatic carbocycles. The number of benzene rings is 3. The summed E-state index contributed by atoms with van der Waals surface area (Å²) in [5.41, 5.74) is 0.492. The number of amides is 1. The summed E-state index contributed by atoms with van der Waals surface area (Å²) in [5, 5.41) is 12.2. The number of ether oxygens (including phenoxy) is 3. The van der Waals surface area contributed by atoms with Gasteiger partial charge in [-0.25, -0.2) is 0 Å². The highest BCUT2D eigenvalue weighted by Gasteiger charge is 2.23. The van der Waals surface area contributed by atoms with Gasteiger partial charge in [-0.15, -0.1) is 0 Å². The van der Waals surface area contributed by atoms with Crippen molar-refractivity contribution in [2.45, 2.75) is 6.10 Å². The minimum Gasteiger partial charge on any atom is -0.491 e. The number of hydrogen-bond acceptors (Lipinski definition) is 5. The lowest BCUT2D eigenvalue weighted by Gasteiger charge is -2.27. The second-order valence-electron chi connectivity index (χ2n) is 7.19. The van der Waals surface area contributed by atoms with Crippen LogP contribution in [0.1, 0.15) is 10.4 Å². The highest BCUT2D eigenvalue weighted by molar-refractivity contribution is 6.01. The first-order valence-electron chi connectivity index (χ1n) is 10.1. The molecule has 156 valence electrons. The van der Waals surface area contributed by atoms with Crippen molar-refractivity contribution in [2.24, 2.45) is 0 Å². The van der Waals surface area contributed by atoms with Gasteiger partial charge in [-0.3, -0.25) is 4.79 Å². The molecule has 6 heteroatoms. The molecular weight excluding hydrogens is 382 g/mol. The summed E-state index contributed by atoms with van der Waals surface area (Å²) < 4.78 is 16.8. The average Bonchev–Trinajstić information content (AvgIpc) is 2.81. The van der Waals surface area contributed by atoms with E-state index in [1.807, 2.05) is 66.7 Å². The number of morpholine rings is 1. The zero-order valence-corrected chi connectivity index (χ0v) is 16.7. The van der Waals surface area contributed by atoms with E-state index in [0.717, 1.165) is 10.8 Å². The third-order valence-electron chi connectivity index (χ3n) is 4.99. The Morgan fingerprint density at radius 3 is 2.30 bits per heavy atom. The Morgan fingerprint density at radius 2 is 1.57 bits per heavy atom. The molecule has 30 heavy (non-hydrogen) atoms. The van der Waals surface area contributed by atoms with Crippen LogP contribution in [0.2, 0.25) is 0 Å². The van der Waals surface area contributed by atoms with Crippen LogP contribution in [-0.2, 0) is 4.74 Å². The predicted molar refractivity (Wildman–Crippen MR) is 114 cm³/mol. The second kappa shape index (κ2) is 9.61. The SMILES string of the molecule is O=C(c1cc2ccccc2cc1OCC(O)COc1ccccc1)N1CCOCC1. The fourth-order valence-corrected chi connectivity index (χ4v) is 3.39. The Balaban J connectivity index is 1.49. The van der Waals surface area contributed by atoms with E-state index in [0.29, 0.717) is 43.4 Å². The van der Waals surface area contributed by atoms with Gasteiger partial charge in [0, 0.05) is 13.1 Å². The van der Waals surface area contributed by atoms with Gasteiger partial charge in [0.15, 0.2) is 0 Å². The second-order valence-corrected chi connectivity index (χ2v) is 7.19. The molecule has 1 unspecified atom stereocenters. The van der Waals surface area contributed by atoms with Gasteiger partial charge in [0.1, 0.15) is 30.8 Å². The van der Waals surface area contributed by atoms with Crippen molar-refractivity contribution in [1.82, 2.24) is 4.90 Å². The molecule has 0 aromatic heterocycles. The zero-order chi connectivity index (χ0) is 20.8. The van der Waals surface area contributed by atoms with Crippen LogP contribution in [0.3, 0.4) is 0 Å². The summed E-state index contributed by atoms with van der Waals surface area (Å²) in [6.07, 6.45) is -0.831. The first-order chi connectivity index (χ1) is 14.7. The fourth-order valence-electron chi connectivity index (χ4n) is 3.39. The van der Waals surface area contributed by atoms with Gasteiger partial charge in [-0.1, -0.05) is 42.5 Å². The van der Waals surface area contributed by atoms with Crippen molar-refractivity contribution < 1.29 is 24.1 Å². The maximum Gasteiger partial charge on any atom is 0.257 e. The molecule has 4 rings (SSSR count). The third-order valence-corrected chi connectivity index (χ3v) is 4.99. The summed E-state index contributed by atoms with van der Waals surface area (Å²) in [6, 6.07) is 20.8. The van der Waals surface area contributed by atoms with Crippen molar-refractivity contribution in [2.75, 3.05) is 39.5 Å². The monoisotopic (exact) mass is 407 g/mol. The third kappa shape index (κ3) is 4.90. The highest BCUT2D eigenvalue weighted by atomic mass is 16.5. The molecule has 1 aliphatic rings. The zero-order valence-electron chi connectivity index (χ0n) is 16.7. The maximum absolute atomic E-state index is 13.1. The van der Waals surface area contributed by atoms with Crippen molar-refractivity contribution in [3.8, 4) is 11.5 Å². The molecule has 6 nitrogen and oxygen atoms in total. The van der Waals surface area contributed by atoms with Gasteiger partial charge in [0.2, 0.25) is 0 Å². The quantitative estimate of drug-likeness (QED) is 0.652. The van der Waals surface area contributed by atoms with Gasteiger partial charge < -0.3 is 24.2 Å².